The van der Waals surface area contributed by atoms with E-state index in [-0.39, 0.29) is 23.0 Å². The lowest BCUT2D eigenvalue weighted by atomic mass is 10.3. The quantitative estimate of drug-likeness (QED) is 0.841. The Morgan fingerprint density at radius 3 is 2.52 bits per heavy atom. The first-order valence-corrected chi connectivity index (χ1v) is 6.74. The number of halogens is 1. The Morgan fingerprint density at radius 1 is 1.29 bits per heavy atom. The molecule has 2 N–H and O–H groups in total. The van der Waals surface area contributed by atoms with Gasteiger partial charge in [0.05, 0.1) is 0 Å². The van der Waals surface area contributed by atoms with Crippen molar-refractivity contribution in [1.82, 2.24) is 9.97 Å². The summed E-state index contributed by atoms with van der Waals surface area (Å²) in [5, 5.41) is 12.4. The summed E-state index contributed by atoms with van der Waals surface area (Å²) in [4.78, 5) is 20.7. The van der Waals surface area contributed by atoms with Gasteiger partial charge in [0.2, 0.25) is 5.95 Å². The largest absolute Gasteiger partial charge is 0.465 e. The number of anilines is 3. The van der Waals surface area contributed by atoms with E-state index in [1.54, 1.807) is 13.8 Å². The summed E-state index contributed by atoms with van der Waals surface area (Å²) in [6.07, 6.45) is -1.09. The fraction of sp³-hybridized carbons (Fsp3) is 0.214. The first-order valence-electron chi connectivity index (χ1n) is 6.36. The lowest BCUT2D eigenvalue weighted by molar-refractivity contribution is 0.200. The van der Waals surface area contributed by atoms with Crippen molar-refractivity contribution in [3.05, 3.63) is 41.6 Å². The number of hydrogen-bond donors (Lipinski definition) is 2. The van der Waals surface area contributed by atoms with E-state index in [0.717, 1.165) is 10.6 Å². The smallest absolute Gasteiger partial charge is 0.413 e. The maximum Gasteiger partial charge on any atom is 0.413 e. The number of nitrogens with one attached hydrogen (secondary N) is 1. The van der Waals surface area contributed by atoms with Crippen molar-refractivity contribution in [2.75, 3.05) is 10.2 Å². The fourth-order valence-electron chi connectivity index (χ4n) is 1.82. The Bertz CT molecular complexity index is 634. The van der Waals surface area contributed by atoms with Gasteiger partial charge in [-0.2, -0.15) is 4.98 Å². The molecule has 0 saturated heterocycles. The van der Waals surface area contributed by atoms with Gasteiger partial charge in [0.1, 0.15) is 11.0 Å². The van der Waals surface area contributed by atoms with Crippen molar-refractivity contribution in [1.29, 1.82) is 0 Å². The molecule has 0 spiro atoms. The molecular weight excluding hydrogens is 292 g/mol. The topological polar surface area (TPSA) is 78.4 Å². The molecule has 1 aromatic carbocycles. The highest BCUT2D eigenvalue weighted by Gasteiger charge is 2.20. The predicted molar refractivity (Wildman–Crippen MR) is 82.4 cm³/mol. The van der Waals surface area contributed by atoms with E-state index in [1.807, 2.05) is 30.3 Å². The second-order valence-corrected chi connectivity index (χ2v) is 5.00. The number of aromatic nitrogens is 2. The fourth-order valence-corrected chi connectivity index (χ4v) is 2.00. The normalized spacial score (nSPS) is 10.5. The monoisotopic (exact) mass is 306 g/mol. The van der Waals surface area contributed by atoms with Gasteiger partial charge < -0.3 is 10.4 Å². The van der Waals surface area contributed by atoms with Crippen LogP contribution in [0, 0.1) is 0 Å². The number of nitrogens with zero attached hydrogens (tertiary/aromatic N) is 3. The SMILES string of the molecule is CC(C)N(C(=O)O)c1cc(Cl)nc(Nc2ccccc2)n1. The Kier molecular flexibility index (Phi) is 4.59. The van der Waals surface area contributed by atoms with Gasteiger partial charge in [0, 0.05) is 17.8 Å². The second kappa shape index (κ2) is 6.41. The van der Waals surface area contributed by atoms with E-state index < -0.39 is 6.09 Å². The van der Waals surface area contributed by atoms with Gasteiger partial charge in [-0.3, -0.25) is 4.90 Å². The molecule has 0 unspecified atom stereocenters. The molecule has 0 bridgehead atoms. The first kappa shape index (κ1) is 15.1. The van der Waals surface area contributed by atoms with Crippen LogP contribution in [0.5, 0.6) is 0 Å². The van der Waals surface area contributed by atoms with Crippen molar-refractivity contribution < 1.29 is 9.90 Å². The zero-order valence-corrected chi connectivity index (χ0v) is 12.4. The van der Waals surface area contributed by atoms with Crippen molar-refractivity contribution in [3.8, 4) is 0 Å². The molecule has 1 heterocycles. The van der Waals surface area contributed by atoms with E-state index in [4.69, 9.17) is 11.6 Å². The van der Waals surface area contributed by atoms with E-state index in [0.29, 0.717) is 0 Å². The lowest BCUT2D eigenvalue weighted by Crippen LogP contribution is -2.36. The van der Waals surface area contributed by atoms with E-state index >= 15 is 0 Å². The molecule has 0 radical (unpaired) electrons. The van der Waals surface area contributed by atoms with Crippen LogP contribution in [0.15, 0.2) is 36.4 Å². The van der Waals surface area contributed by atoms with Gasteiger partial charge in [-0.25, -0.2) is 9.78 Å². The summed E-state index contributed by atoms with van der Waals surface area (Å²) in [5.41, 5.74) is 0.789. The van der Waals surface area contributed by atoms with Gasteiger partial charge in [-0.15, -0.1) is 0 Å². The van der Waals surface area contributed by atoms with Crippen LogP contribution in [0.2, 0.25) is 5.15 Å². The molecule has 7 heteroatoms. The molecule has 6 nitrogen and oxygen atoms in total. The summed E-state index contributed by atoms with van der Waals surface area (Å²) in [7, 11) is 0. The van der Waals surface area contributed by atoms with Crippen molar-refractivity contribution in [2.45, 2.75) is 19.9 Å². The standard InChI is InChI=1S/C14H15ClN4O2/c1-9(2)19(14(20)21)12-8-11(15)17-13(18-12)16-10-6-4-3-5-7-10/h3-9H,1-2H3,(H,20,21)(H,16,17,18). The Labute approximate surface area is 127 Å². The minimum atomic E-state index is -1.09. The summed E-state index contributed by atoms with van der Waals surface area (Å²) in [5.74, 6) is 0.478. The maximum absolute atomic E-state index is 11.3. The lowest BCUT2D eigenvalue weighted by Gasteiger charge is -2.22. The molecule has 21 heavy (non-hydrogen) atoms. The zero-order valence-electron chi connectivity index (χ0n) is 11.6. The summed E-state index contributed by atoms with van der Waals surface area (Å²) in [6, 6.07) is 10.5. The van der Waals surface area contributed by atoms with E-state index in [2.05, 4.69) is 15.3 Å². The van der Waals surface area contributed by atoms with E-state index in [9.17, 15) is 9.90 Å². The van der Waals surface area contributed by atoms with Gasteiger partial charge in [0.15, 0.2) is 0 Å². The second-order valence-electron chi connectivity index (χ2n) is 4.61. The highest BCUT2D eigenvalue weighted by atomic mass is 35.5. The molecule has 2 aromatic rings. The molecule has 1 aromatic heterocycles. The van der Waals surface area contributed by atoms with Crippen molar-refractivity contribution in [3.63, 3.8) is 0 Å². The highest BCUT2D eigenvalue weighted by Crippen LogP contribution is 2.22. The molecule has 1 amide bonds. The number of para-hydroxylation sites is 1. The van der Waals surface area contributed by atoms with Crippen LogP contribution in [0.4, 0.5) is 22.2 Å². The number of hydrogen-bond acceptors (Lipinski definition) is 4. The number of carbonyl (C=O) groups is 1. The number of rotatable bonds is 4. The maximum atomic E-state index is 11.3. The Hall–Kier alpha value is -2.34. The van der Waals surface area contributed by atoms with Gasteiger partial charge in [-0.1, -0.05) is 29.8 Å². The Morgan fingerprint density at radius 2 is 1.95 bits per heavy atom. The molecule has 110 valence electrons. The third-order valence-electron chi connectivity index (χ3n) is 2.68. The molecule has 0 atom stereocenters. The summed E-state index contributed by atoms with van der Waals surface area (Å²) >= 11 is 5.96. The van der Waals surface area contributed by atoms with Gasteiger partial charge in [0.25, 0.3) is 0 Å². The van der Waals surface area contributed by atoms with E-state index in [1.165, 1.54) is 6.07 Å². The number of benzene rings is 1. The van der Waals surface area contributed by atoms with Crippen molar-refractivity contribution in [2.24, 2.45) is 0 Å². The summed E-state index contributed by atoms with van der Waals surface area (Å²) in [6.45, 7) is 3.52. The van der Waals surface area contributed by atoms with Crippen LogP contribution >= 0.6 is 11.6 Å². The van der Waals surface area contributed by atoms with Crippen LogP contribution in [-0.4, -0.2) is 27.2 Å². The van der Waals surface area contributed by atoms with Gasteiger partial charge >= 0.3 is 6.09 Å². The van der Waals surface area contributed by atoms with Crippen LogP contribution in [0.3, 0.4) is 0 Å². The zero-order chi connectivity index (χ0) is 15.4. The minimum absolute atomic E-state index is 0.172. The average Bonchev–Trinajstić information content (AvgIpc) is 2.38. The molecule has 0 fully saturated rings. The third-order valence-corrected chi connectivity index (χ3v) is 2.87. The number of amides is 1. The Balaban J connectivity index is 2.35. The van der Waals surface area contributed by atoms with Crippen molar-refractivity contribution >= 4 is 35.1 Å². The average molecular weight is 307 g/mol. The van der Waals surface area contributed by atoms with Crippen LogP contribution in [0.25, 0.3) is 0 Å². The third kappa shape index (κ3) is 3.82. The van der Waals surface area contributed by atoms with Crippen LogP contribution in [-0.2, 0) is 0 Å². The van der Waals surface area contributed by atoms with Crippen LogP contribution < -0.4 is 10.2 Å². The van der Waals surface area contributed by atoms with Gasteiger partial charge in [-0.05, 0) is 26.0 Å². The molecular formula is C14H15ClN4O2. The predicted octanol–water partition coefficient (Wildman–Crippen LogP) is 3.77. The molecule has 2 rings (SSSR count). The highest BCUT2D eigenvalue weighted by molar-refractivity contribution is 6.29. The summed E-state index contributed by atoms with van der Waals surface area (Å²) < 4.78 is 0. The molecule has 0 aliphatic heterocycles. The van der Waals surface area contributed by atoms with Crippen LogP contribution in [0.1, 0.15) is 13.8 Å². The molecule has 0 saturated carbocycles. The minimum Gasteiger partial charge on any atom is -0.465 e. The molecule has 0 aliphatic carbocycles. The number of carboxylic acid groups (broad SMARTS) is 1. The first-order chi connectivity index (χ1) is 9.97. The molecule has 0 aliphatic rings.